The summed E-state index contributed by atoms with van der Waals surface area (Å²) in [4.78, 5) is 25.7. The van der Waals surface area contributed by atoms with Crippen LogP contribution in [0.25, 0.3) is 46.4 Å². The molecule has 2 aromatic heterocycles. The number of hydrogen-bond acceptors (Lipinski definition) is 5. The normalized spacial score (nSPS) is 17.5. The monoisotopic (exact) mass is 543 g/mol. The maximum Gasteiger partial charge on any atom is 0.120 e. The standard InChI is InChI=1S/C34H35N5.C2H6/c1-8-10-12-24(22(4)11-9-2)35-29-23(5)30-32(39-28-18-20-34(6,7)19-17-27(28)36-30)33-31(29)37-25-15-13-21(3)14-16-26(25)38-33;1-2/h9-21H,4,8H2,1-3,5-7H3;1-2H3/b11-9-,12-10-,35-24?;. The number of aryl methyl sites for hydroxylation is 1. The summed E-state index contributed by atoms with van der Waals surface area (Å²) in [5.41, 5.74) is 9.43. The summed E-state index contributed by atoms with van der Waals surface area (Å²) < 4.78 is 0. The summed E-state index contributed by atoms with van der Waals surface area (Å²) in [6.45, 7) is 20.9. The van der Waals surface area contributed by atoms with Gasteiger partial charge in [-0.3, -0.25) is 0 Å². The highest BCUT2D eigenvalue weighted by molar-refractivity contribution is 6.15. The van der Waals surface area contributed by atoms with E-state index in [1.165, 1.54) is 0 Å². The molecule has 0 saturated heterocycles. The van der Waals surface area contributed by atoms with Crippen LogP contribution in [0.1, 0.15) is 83.2 Å². The molecule has 0 aliphatic heterocycles. The Labute approximate surface area is 244 Å². The van der Waals surface area contributed by atoms with Crippen molar-refractivity contribution in [2.24, 2.45) is 16.3 Å². The molecule has 2 heterocycles. The number of benzene rings is 1. The number of nitrogens with zero attached hydrogens (tertiary/aromatic N) is 5. The Balaban J connectivity index is 0.00000189. The van der Waals surface area contributed by atoms with Gasteiger partial charge in [0.2, 0.25) is 0 Å². The zero-order valence-electron chi connectivity index (χ0n) is 25.7. The molecule has 210 valence electrons. The van der Waals surface area contributed by atoms with Gasteiger partial charge in [-0.15, -0.1) is 0 Å². The van der Waals surface area contributed by atoms with E-state index in [0.717, 1.165) is 62.8 Å². The Morgan fingerprint density at radius 1 is 0.854 bits per heavy atom. The molecular weight excluding hydrogens is 502 g/mol. The summed E-state index contributed by atoms with van der Waals surface area (Å²) in [5.74, 6) is 0.297. The van der Waals surface area contributed by atoms with Gasteiger partial charge < -0.3 is 0 Å². The van der Waals surface area contributed by atoms with Gasteiger partial charge in [-0.1, -0.05) is 90.7 Å². The lowest BCUT2D eigenvalue weighted by atomic mass is 9.93. The van der Waals surface area contributed by atoms with Crippen LogP contribution in [0.2, 0.25) is 0 Å². The molecule has 0 fully saturated rings. The highest BCUT2D eigenvalue weighted by atomic mass is 14.9. The number of fused-ring (bicyclic) bond motifs is 5. The Hall–Kier alpha value is -4.25. The Kier molecular flexibility index (Phi) is 9.07. The first kappa shape index (κ1) is 29.7. The summed E-state index contributed by atoms with van der Waals surface area (Å²) in [5, 5.41) is 0. The van der Waals surface area contributed by atoms with Crippen LogP contribution < -0.4 is 0 Å². The summed E-state index contributed by atoms with van der Waals surface area (Å²) in [6, 6.07) is 0. The van der Waals surface area contributed by atoms with E-state index in [-0.39, 0.29) is 5.41 Å². The number of aliphatic imine (C=N–C) groups is 1. The predicted molar refractivity (Wildman–Crippen MR) is 178 cm³/mol. The van der Waals surface area contributed by atoms with E-state index in [1.807, 2.05) is 52.0 Å². The van der Waals surface area contributed by atoms with Crippen molar-refractivity contribution < 1.29 is 0 Å². The van der Waals surface area contributed by atoms with Crippen LogP contribution in [-0.2, 0) is 0 Å². The van der Waals surface area contributed by atoms with E-state index in [0.29, 0.717) is 17.0 Å². The average Bonchev–Trinajstić information content (AvgIpc) is 3.24. The molecule has 0 spiro atoms. The number of hydrogen-bond donors (Lipinski definition) is 0. The van der Waals surface area contributed by atoms with Gasteiger partial charge in [-0.05, 0) is 62.1 Å². The van der Waals surface area contributed by atoms with Crippen molar-refractivity contribution in [1.29, 1.82) is 0 Å². The summed E-state index contributed by atoms with van der Waals surface area (Å²) in [6.07, 6.45) is 25.8. The first-order valence-corrected chi connectivity index (χ1v) is 14.6. The van der Waals surface area contributed by atoms with Crippen molar-refractivity contribution in [3.05, 3.63) is 89.1 Å². The molecule has 5 nitrogen and oxygen atoms in total. The van der Waals surface area contributed by atoms with E-state index >= 15 is 0 Å². The smallest absolute Gasteiger partial charge is 0.120 e. The fourth-order valence-electron chi connectivity index (χ4n) is 4.64. The quantitative estimate of drug-likeness (QED) is 0.182. The van der Waals surface area contributed by atoms with Crippen LogP contribution in [0.15, 0.2) is 65.8 Å². The molecule has 5 rings (SSSR count). The molecule has 41 heavy (non-hydrogen) atoms. The molecule has 2 aliphatic carbocycles. The molecule has 0 saturated carbocycles. The topological polar surface area (TPSA) is 63.9 Å². The number of rotatable bonds is 5. The minimum absolute atomic E-state index is 0.0836. The van der Waals surface area contributed by atoms with Crippen molar-refractivity contribution in [1.82, 2.24) is 19.9 Å². The Morgan fingerprint density at radius 3 is 1.93 bits per heavy atom. The Morgan fingerprint density at radius 2 is 1.37 bits per heavy atom. The second-order valence-corrected chi connectivity index (χ2v) is 10.8. The molecule has 5 heteroatoms. The van der Waals surface area contributed by atoms with Crippen LogP contribution in [0, 0.1) is 18.3 Å². The second-order valence-electron chi connectivity index (χ2n) is 10.8. The largest absolute Gasteiger partial charge is 0.246 e. The number of allylic oxidation sites excluding steroid dienone is 9. The van der Waals surface area contributed by atoms with Gasteiger partial charge in [0, 0.05) is 11.0 Å². The third-order valence-electron chi connectivity index (χ3n) is 6.96. The lowest BCUT2D eigenvalue weighted by Gasteiger charge is -2.14. The van der Waals surface area contributed by atoms with Gasteiger partial charge >= 0.3 is 0 Å². The summed E-state index contributed by atoms with van der Waals surface area (Å²) >= 11 is 0. The second kappa shape index (κ2) is 12.5. The molecule has 1 aromatic carbocycles. The molecule has 1 unspecified atom stereocenters. The van der Waals surface area contributed by atoms with Gasteiger partial charge in [0.15, 0.2) is 0 Å². The van der Waals surface area contributed by atoms with E-state index in [4.69, 9.17) is 24.9 Å². The molecule has 0 bridgehead atoms. The molecule has 2 aliphatic rings. The zero-order chi connectivity index (χ0) is 29.7. The molecule has 1 atom stereocenters. The third-order valence-corrected chi connectivity index (χ3v) is 6.96. The van der Waals surface area contributed by atoms with Crippen LogP contribution >= 0.6 is 0 Å². The van der Waals surface area contributed by atoms with Crippen LogP contribution in [0.4, 0.5) is 5.69 Å². The van der Waals surface area contributed by atoms with Crippen LogP contribution in [-0.4, -0.2) is 25.6 Å². The van der Waals surface area contributed by atoms with Crippen LogP contribution in [0.3, 0.4) is 0 Å². The van der Waals surface area contributed by atoms with E-state index < -0.39 is 0 Å². The summed E-state index contributed by atoms with van der Waals surface area (Å²) in [7, 11) is 0. The average molecular weight is 544 g/mol. The molecule has 0 N–H and O–H groups in total. The number of aromatic nitrogens is 4. The predicted octanol–water partition coefficient (Wildman–Crippen LogP) is 9.82. The van der Waals surface area contributed by atoms with Gasteiger partial charge in [-0.25, -0.2) is 24.9 Å². The van der Waals surface area contributed by atoms with Crippen molar-refractivity contribution in [3.8, 4) is 0 Å². The molecule has 0 radical (unpaired) electrons. The third kappa shape index (κ3) is 6.25. The molecule has 3 aromatic rings. The SMILES string of the molecule is C=C(/C=C\C)C(/C=C\CC)=Nc1c(C)c2nc3c(nc2c2nc4c(nc12)C=CC(C)C=C4)C=CC(C)(C)C=C3.CC. The van der Waals surface area contributed by atoms with Gasteiger partial charge in [0.05, 0.1) is 39.7 Å². The Bertz CT molecular complexity index is 1710. The van der Waals surface area contributed by atoms with E-state index in [9.17, 15) is 0 Å². The fourth-order valence-corrected chi connectivity index (χ4v) is 4.64. The van der Waals surface area contributed by atoms with Gasteiger partial charge in [0.1, 0.15) is 16.6 Å². The molecular formula is C36H41N5. The maximum atomic E-state index is 5.17. The highest BCUT2D eigenvalue weighted by Gasteiger charge is 2.22. The van der Waals surface area contributed by atoms with Crippen molar-refractivity contribution in [3.63, 3.8) is 0 Å². The van der Waals surface area contributed by atoms with E-state index in [1.54, 1.807) is 0 Å². The minimum atomic E-state index is -0.0836. The zero-order valence-corrected chi connectivity index (χ0v) is 25.7. The fraction of sp³-hybridized carbons (Fsp3) is 0.306. The van der Waals surface area contributed by atoms with Crippen molar-refractivity contribution >= 4 is 57.8 Å². The first-order valence-electron chi connectivity index (χ1n) is 14.6. The first-order chi connectivity index (χ1) is 19.7. The van der Waals surface area contributed by atoms with E-state index in [2.05, 4.69) is 82.9 Å². The van der Waals surface area contributed by atoms with Crippen molar-refractivity contribution in [2.45, 2.75) is 61.8 Å². The van der Waals surface area contributed by atoms with Crippen molar-refractivity contribution in [2.75, 3.05) is 0 Å². The highest BCUT2D eigenvalue weighted by Crippen LogP contribution is 2.38. The van der Waals surface area contributed by atoms with Crippen LogP contribution in [0.5, 0.6) is 0 Å². The van der Waals surface area contributed by atoms with Gasteiger partial charge in [-0.2, -0.15) is 0 Å². The minimum Gasteiger partial charge on any atom is -0.246 e. The maximum absolute atomic E-state index is 5.17. The molecule has 0 amide bonds. The van der Waals surface area contributed by atoms with Gasteiger partial charge in [0.25, 0.3) is 0 Å². The lowest BCUT2D eigenvalue weighted by Crippen LogP contribution is -2.03. The lowest BCUT2D eigenvalue weighted by molar-refractivity contribution is 0.633.